The molecule has 1 atom stereocenters. The van der Waals surface area contributed by atoms with Gasteiger partial charge in [0.2, 0.25) is 0 Å². The first kappa shape index (κ1) is 18.5. The number of ether oxygens (including phenoxy) is 1. The van der Waals surface area contributed by atoms with Crippen molar-refractivity contribution in [3.8, 4) is 11.1 Å². The summed E-state index contributed by atoms with van der Waals surface area (Å²) in [5.41, 5.74) is 4.69. The highest BCUT2D eigenvalue weighted by molar-refractivity contribution is 5.79. The minimum Gasteiger partial charge on any atom is -0.481 e. The van der Waals surface area contributed by atoms with E-state index in [1.807, 2.05) is 24.3 Å². The van der Waals surface area contributed by atoms with Crippen molar-refractivity contribution in [1.82, 2.24) is 5.32 Å². The van der Waals surface area contributed by atoms with Crippen molar-refractivity contribution >= 4 is 12.1 Å². The lowest BCUT2D eigenvalue weighted by Crippen LogP contribution is -2.41. The highest BCUT2D eigenvalue weighted by Crippen LogP contribution is 2.44. The fraction of sp³-hybridized carbons (Fsp3) is 0.391. The molecule has 2 aromatic rings. The summed E-state index contributed by atoms with van der Waals surface area (Å²) in [6.07, 6.45) is 3.51. The van der Waals surface area contributed by atoms with Gasteiger partial charge in [0.25, 0.3) is 0 Å². The lowest BCUT2D eigenvalue weighted by atomic mass is 9.95. The van der Waals surface area contributed by atoms with Gasteiger partial charge in [0.1, 0.15) is 6.61 Å². The summed E-state index contributed by atoms with van der Waals surface area (Å²) in [5.74, 6) is -0.671. The number of nitrogens with one attached hydrogen (secondary N) is 1. The highest BCUT2D eigenvalue weighted by Gasteiger charge is 2.31. The van der Waals surface area contributed by atoms with Gasteiger partial charge < -0.3 is 15.2 Å². The average Bonchev–Trinajstić information content (AvgIpc) is 3.32. The number of carboxylic acids is 1. The van der Waals surface area contributed by atoms with Crippen LogP contribution in [0.3, 0.4) is 0 Å². The minimum atomic E-state index is -0.893. The van der Waals surface area contributed by atoms with Gasteiger partial charge in [0.15, 0.2) is 0 Å². The maximum absolute atomic E-state index is 12.4. The van der Waals surface area contributed by atoms with Crippen LogP contribution in [-0.4, -0.2) is 29.8 Å². The number of alkyl carbamates (subject to hydrolysis) is 1. The Bertz CT molecular complexity index is 827. The molecule has 1 fully saturated rings. The van der Waals surface area contributed by atoms with Crippen molar-refractivity contribution in [1.29, 1.82) is 0 Å². The molecule has 2 aliphatic rings. The lowest BCUT2D eigenvalue weighted by molar-refractivity contribution is -0.137. The molecule has 1 saturated carbocycles. The summed E-state index contributed by atoms with van der Waals surface area (Å²) in [6, 6.07) is 16.0. The molecule has 1 unspecified atom stereocenters. The van der Waals surface area contributed by atoms with Crippen LogP contribution in [0.5, 0.6) is 0 Å². The first-order valence-corrected chi connectivity index (χ1v) is 9.97. The summed E-state index contributed by atoms with van der Waals surface area (Å²) in [5, 5.41) is 12.0. The molecule has 0 saturated heterocycles. The third-order valence-electron chi connectivity index (χ3n) is 6.01. The molecule has 2 aliphatic carbocycles. The van der Waals surface area contributed by atoms with Crippen LogP contribution in [0.2, 0.25) is 0 Å². The molecule has 0 aromatic heterocycles. The van der Waals surface area contributed by atoms with Gasteiger partial charge in [-0.1, -0.05) is 61.4 Å². The van der Waals surface area contributed by atoms with E-state index >= 15 is 0 Å². The molecule has 0 aliphatic heterocycles. The molecule has 2 aromatic carbocycles. The van der Waals surface area contributed by atoms with E-state index in [2.05, 4.69) is 29.6 Å². The molecule has 4 rings (SSSR count). The number of aliphatic carboxylic acids is 1. The van der Waals surface area contributed by atoms with Crippen LogP contribution in [-0.2, 0) is 9.53 Å². The second kappa shape index (κ2) is 8.05. The zero-order valence-electron chi connectivity index (χ0n) is 15.8. The molecule has 146 valence electrons. The summed E-state index contributed by atoms with van der Waals surface area (Å²) < 4.78 is 5.57. The number of amides is 1. The van der Waals surface area contributed by atoms with Crippen molar-refractivity contribution in [2.75, 3.05) is 6.61 Å². The normalized spacial score (nSPS) is 17.0. The van der Waals surface area contributed by atoms with E-state index in [1.165, 1.54) is 11.1 Å². The maximum Gasteiger partial charge on any atom is 0.407 e. The third kappa shape index (κ3) is 3.75. The van der Waals surface area contributed by atoms with Crippen molar-refractivity contribution < 1.29 is 19.4 Å². The molecule has 0 bridgehead atoms. The van der Waals surface area contributed by atoms with Gasteiger partial charge in [0.05, 0.1) is 6.42 Å². The van der Waals surface area contributed by atoms with Gasteiger partial charge in [-0.05, 0) is 41.0 Å². The topological polar surface area (TPSA) is 75.6 Å². The van der Waals surface area contributed by atoms with E-state index in [9.17, 15) is 14.7 Å². The predicted octanol–water partition coefficient (Wildman–Crippen LogP) is 4.56. The lowest BCUT2D eigenvalue weighted by Gasteiger charge is -2.23. The first-order valence-electron chi connectivity index (χ1n) is 9.97. The molecule has 1 amide bonds. The zero-order chi connectivity index (χ0) is 19.5. The number of carboxylic acid groups (broad SMARTS) is 1. The number of hydrogen-bond donors (Lipinski definition) is 2. The second-order valence-electron chi connectivity index (χ2n) is 7.72. The Kier molecular flexibility index (Phi) is 5.33. The molecule has 0 radical (unpaired) electrons. The van der Waals surface area contributed by atoms with Gasteiger partial charge in [0, 0.05) is 12.0 Å². The maximum atomic E-state index is 12.4. The van der Waals surface area contributed by atoms with Crippen LogP contribution < -0.4 is 5.32 Å². The molecular formula is C23H25NO4. The zero-order valence-corrected chi connectivity index (χ0v) is 15.8. The number of carbonyl (C=O) groups excluding carboxylic acids is 1. The van der Waals surface area contributed by atoms with Crippen LogP contribution in [0.15, 0.2) is 48.5 Å². The Morgan fingerprint density at radius 3 is 2.14 bits per heavy atom. The van der Waals surface area contributed by atoms with E-state index in [1.54, 1.807) is 0 Å². The Hall–Kier alpha value is -2.82. The monoisotopic (exact) mass is 379 g/mol. The molecule has 0 heterocycles. The first-order chi connectivity index (χ1) is 13.6. The minimum absolute atomic E-state index is 0.00237. The largest absolute Gasteiger partial charge is 0.481 e. The smallest absolute Gasteiger partial charge is 0.407 e. The molecule has 2 N–H and O–H groups in total. The van der Waals surface area contributed by atoms with Crippen LogP contribution in [0.4, 0.5) is 4.79 Å². The fourth-order valence-corrected chi connectivity index (χ4v) is 4.67. The molecule has 0 spiro atoms. The molecule has 28 heavy (non-hydrogen) atoms. The van der Waals surface area contributed by atoms with Crippen LogP contribution >= 0.6 is 0 Å². The van der Waals surface area contributed by atoms with Crippen molar-refractivity contribution in [3.05, 3.63) is 59.7 Å². The van der Waals surface area contributed by atoms with Gasteiger partial charge in [-0.15, -0.1) is 0 Å². The van der Waals surface area contributed by atoms with E-state index in [0.29, 0.717) is 0 Å². The van der Waals surface area contributed by atoms with Crippen LogP contribution in [0, 0.1) is 5.92 Å². The molecule has 5 heteroatoms. The summed E-state index contributed by atoms with van der Waals surface area (Å²) in [6.45, 7) is 0.240. The Morgan fingerprint density at radius 1 is 1.00 bits per heavy atom. The van der Waals surface area contributed by atoms with Crippen molar-refractivity contribution in [2.24, 2.45) is 5.92 Å². The van der Waals surface area contributed by atoms with Gasteiger partial charge in [-0.25, -0.2) is 4.79 Å². The van der Waals surface area contributed by atoms with Gasteiger partial charge >= 0.3 is 12.1 Å². The van der Waals surface area contributed by atoms with Crippen molar-refractivity contribution in [2.45, 2.75) is 44.1 Å². The molecule has 5 nitrogen and oxygen atoms in total. The third-order valence-corrected chi connectivity index (χ3v) is 6.01. The van der Waals surface area contributed by atoms with E-state index < -0.39 is 12.1 Å². The number of hydrogen-bond acceptors (Lipinski definition) is 3. The van der Waals surface area contributed by atoms with E-state index in [0.717, 1.165) is 36.8 Å². The summed E-state index contributed by atoms with van der Waals surface area (Å²) in [4.78, 5) is 23.6. The van der Waals surface area contributed by atoms with E-state index in [4.69, 9.17) is 4.74 Å². The summed E-state index contributed by atoms with van der Waals surface area (Å²) >= 11 is 0. The van der Waals surface area contributed by atoms with Crippen LogP contribution in [0.25, 0.3) is 11.1 Å². The average molecular weight is 379 g/mol. The predicted molar refractivity (Wildman–Crippen MR) is 106 cm³/mol. The fourth-order valence-electron chi connectivity index (χ4n) is 4.67. The highest BCUT2D eigenvalue weighted by atomic mass is 16.5. The number of rotatable bonds is 6. The van der Waals surface area contributed by atoms with Crippen molar-refractivity contribution in [3.63, 3.8) is 0 Å². The SMILES string of the molecule is O=C(O)CC(NC(=O)OCC1c2ccccc2-c2ccccc21)C1CCCC1. The van der Waals surface area contributed by atoms with Crippen LogP contribution in [0.1, 0.15) is 49.1 Å². The number of carbonyl (C=O) groups is 2. The standard InChI is InChI=1S/C23H25NO4/c25-22(26)13-21(15-7-1-2-8-15)24-23(27)28-14-20-18-11-5-3-9-16(18)17-10-4-6-12-19(17)20/h3-6,9-12,15,20-21H,1-2,7-8,13-14H2,(H,24,27)(H,25,26). The summed E-state index contributed by atoms with van der Waals surface area (Å²) in [7, 11) is 0. The number of benzene rings is 2. The Morgan fingerprint density at radius 2 is 1.57 bits per heavy atom. The van der Waals surface area contributed by atoms with Gasteiger partial charge in [-0.2, -0.15) is 0 Å². The Labute approximate surface area is 164 Å². The number of fused-ring (bicyclic) bond motifs is 3. The van der Waals surface area contributed by atoms with Gasteiger partial charge in [-0.3, -0.25) is 4.79 Å². The molecular weight excluding hydrogens is 354 g/mol. The second-order valence-corrected chi connectivity index (χ2v) is 7.72. The van der Waals surface area contributed by atoms with E-state index in [-0.39, 0.29) is 30.9 Å². The Balaban J connectivity index is 1.44. The quantitative estimate of drug-likeness (QED) is 0.771.